The molecule has 90 valence electrons. The molecule has 3 rings (SSSR count). The molecule has 0 bridgehead atoms. The van der Waals surface area contributed by atoms with E-state index < -0.39 is 5.97 Å². The maximum atomic E-state index is 10.9. The lowest BCUT2D eigenvalue weighted by Gasteiger charge is -1.92. The molecule has 3 aromatic rings. The highest BCUT2D eigenvalue weighted by molar-refractivity contribution is 7.17. The van der Waals surface area contributed by atoms with E-state index in [1.165, 1.54) is 11.3 Å². The molecule has 0 fully saturated rings. The fraction of sp³-hybridized carbons (Fsp3) is 0.0714. The topological polar surface area (TPSA) is 50.4 Å². The van der Waals surface area contributed by atoms with E-state index in [1.54, 1.807) is 12.1 Å². The predicted molar refractivity (Wildman–Crippen MR) is 71.2 cm³/mol. The summed E-state index contributed by atoms with van der Waals surface area (Å²) in [5.74, 6) is -0.185. The third-order valence-corrected chi connectivity index (χ3v) is 3.89. The highest BCUT2D eigenvalue weighted by Gasteiger charge is 2.12. The molecule has 18 heavy (non-hydrogen) atoms. The molecule has 0 saturated heterocycles. The molecule has 0 spiro atoms. The maximum Gasteiger partial charge on any atom is 0.345 e. The summed E-state index contributed by atoms with van der Waals surface area (Å²) >= 11 is 1.22. The summed E-state index contributed by atoms with van der Waals surface area (Å²) in [5, 5.41) is 9.95. The number of benzene rings is 1. The predicted octanol–water partition coefficient (Wildman–Crippen LogP) is 4.17. The van der Waals surface area contributed by atoms with Crippen LogP contribution in [0.15, 0.2) is 40.8 Å². The van der Waals surface area contributed by atoms with Crippen LogP contribution in [-0.2, 0) is 0 Å². The smallest absolute Gasteiger partial charge is 0.345 e. The van der Waals surface area contributed by atoms with E-state index in [9.17, 15) is 4.79 Å². The second kappa shape index (κ2) is 3.99. The van der Waals surface area contributed by atoms with Crippen molar-refractivity contribution in [3.05, 3.63) is 46.8 Å². The van der Waals surface area contributed by atoms with Gasteiger partial charge in [-0.3, -0.25) is 0 Å². The Bertz CT molecular complexity index is 736. The Morgan fingerprint density at radius 2 is 2.11 bits per heavy atom. The summed E-state index contributed by atoms with van der Waals surface area (Å²) in [6.07, 6.45) is 0. The fourth-order valence-corrected chi connectivity index (χ4v) is 2.71. The first kappa shape index (κ1) is 11.0. The number of hydrogen-bond donors (Lipinski definition) is 1. The molecular weight excluding hydrogens is 248 g/mol. The molecule has 2 aromatic heterocycles. The Morgan fingerprint density at radius 3 is 2.78 bits per heavy atom. The minimum absolute atomic E-state index is 0.321. The Kier molecular flexibility index (Phi) is 2.45. The zero-order valence-electron chi connectivity index (χ0n) is 9.64. The van der Waals surface area contributed by atoms with Gasteiger partial charge in [-0.2, -0.15) is 0 Å². The molecule has 1 aromatic carbocycles. The van der Waals surface area contributed by atoms with Crippen LogP contribution in [0.2, 0.25) is 0 Å². The minimum atomic E-state index is -0.904. The number of para-hydroxylation sites is 1. The highest BCUT2D eigenvalue weighted by Crippen LogP contribution is 2.33. The Hall–Kier alpha value is -2.07. The molecule has 0 saturated carbocycles. The van der Waals surface area contributed by atoms with Gasteiger partial charge in [-0.25, -0.2) is 4.79 Å². The number of carbonyl (C=O) groups is 1. The summed E-state index contributed by atoms with van der Waals surface area (Å²) in [5.41, 5.74) is 1.94. The quantitative estimate of drug-likeness (QED) is 0.750. The van der Waals surface area contributed by atoms with Crippen LogP contribution in [0.5, 0.6) is 0 Å². The number of hydrogen-bond acceptors (Lipinski definition) is 3. The van der Waals surface area contributed by atoms with Gasteiger partial charge in [-0.15, -0.1) is 11.3 Å². The Balaban J connectivity index is 2.13. The monoisotopic (exact) mass is 258 g/mol. The second-order valence-corrected chi connectivity index (χ2v) is 5.16. The van der Waals surface area contributed by atoms with Crippen molar-refractivity contribution < 1.29 is 14.3 Å². The number of rotatable bonds is 2. The van der Waals surface area contributed by atoms with Crippen LogP contribution in [0.4, 0.5) is 0 Å². The summed E-state index contributed by atoms with van der Waals surface area (Å²) in [4.78, 5) is 12.0. The first-order valence-corrected chi connectivity index (χ1v) is 6.29. The number of carboxylic acids is 1. The third kappa shape index (κ3) is 1.71. The fourth-order valence-electron chi connectivity index (χ4n) is 1.92. The van der Waals surface area contributed by atoms with Gasteiger partial charge >= 0.3 is 5.97 Å². The molecule has 2 heterocycles. The van der Waals surface area contributed by atoms with Gasteiger partial charge in [0.25, 0.3) is 0 Å². The molecular formula is C14H10O3S. The lowest BCUT2D eigenvalue weighted by molar-refractivity contribution is 0.0702. The highest BCUT2D eigenvalue weighted by atomic mass is 32.1. The van der Waals surface area contributed by atoms with Gasteiger partial charge in [-0.1, -0.05) is 18.2 Å². The van der Waals surface area contributed by atoms with E-state index in [0.717, 1.165) is 27.2 Å². The summed E-state index contributed by atoms with van der Waals surface area (Å²) in [7, 11) is 0. The minimum Gasteiger partial charge on any atom is -0.477 e. The van der Waals surface area contributed by atoms with Crippen LogP contribution in [0, 0.1) is 6.92 Å². The first-order chi connectivity index (χ1) is 8.65. The number of thiophene rings is 1. The van der Waals surface area contributed by atoms with Gasteiger partial charge < -0.3 is 9.52 Å². The van der Waals surface area contributed by atoms with Crippen LogP contribution in [0.25, 0.3) is 21.6 Å². The van der Waals surface area contributed by atoms with E-state index in [-0.39, 0.29) is 0 Å². The maximum absolute atomic E-state index is 10.9. The SMILES string of the molecule is Cc1cccc2cc(-c3ccc(C(=O)O)s3)oc12. The lowest BCUT2D eigenvalue weighted by Crippen LogP contribution is -1.89. The number of furan rings is 1. The number of aryl methyl sites for hydroxylation is 1. The molecule has 1 N–H and O–H groups in total. The van der Waals surface area contributed by atoms with Crippen molar-refractivity contribution in [1.29, 1.82) is 0 Å². The van der Waals surface area contributed by atoms with Gasteiger partial charge in [-0.05, 0) is 30.7 Å². The van der Waals surface area contributed by atoms with Gasteiger partial charge in [0.1, 0.15) is 16.2 Å². The molecule has 0 unspecified atom stereocenters. The number of fused-ring (bicyclic) bond motifs is 1. The Labute approximate surface area is 107 Å². The van der Waals surface area contributed by atoms with Crippen molar-refractivity contribution >= 4 is 28.3 Å². The summed E-state index contributed by atoms with van der Waals surface area (Å²) in [6.45, 7) is 1.99. The van der Waals surface area contributed by atoms with Crippen LogP contribution >= 0.6 is 11.3 Å². The van der Waals surface area contributed by atoms with Gasteiger partial charge in [0.15, 0.2) is 0 Å². The summed E-state index contributed by atoms with van der Waals surface area (Å²) in [6, 6.07) is 11.3. The van der Waals surface area contributed by atoms with Crippen molar-refractivity contribution in [3.8, 4) is 10.6 Å². The van der Waals surface area contributed by atoms with Gasteiger partial charge in [0.2, 0.25) is 0 Å². The van der Waals surface area contributed by atoms with E-state index in [2.05, 4.69) is 0 Å². The molecule has 0 radical (unpaired) electrons. The van der Waals surface area contributed by atoms with Crippen molar-refractivity contribution in [2.75, 3.05) is 0 Å². The molecule has 0 atom stereocenters. The second-order valence-electron chi connectivity index (χ2n) is 4.07. The van der Waals surface area contributed by atoms with Crippen LogP contribution in [0.3, 0.4) is 0 Å². The third-order valence-electron chi connectivity index (χ3n) is 2.80. The molecule has 0 aliphatic rings. The lowest BCUT2D eigenvalue weighted by atomic mass is 10.2. The van der Waals surface area contributed by atoms with Gasteiger partial charge in [0, 0.05) is 5.39 Å². The normalized spacial score (nSPS) is 10.9. The van der Waals surface area contributed by atoms with Crippen molar-refractivity contribution in [2.24, 2.45) is 0 Å². The molecule has 3 nitrogen and oxygen atoms in total. The standard InChI is InChI=1S/C14H10O3S/c1-8-3-2-4-9-7-10(17-13(8)9)11-5-6-12(18-11)14(15)16/h2-7H,1H3,(H,15,16). The molecule has 0 aliphatic carbocycles. The van der Waals surface area contributed by atoms with Gasteiger partial charge in [0.05, 0.1) is 4.88 Å². The molecule has 0 aliphatic heterocycles. The Morgan fingerprint density at radius 1 is 1.28 bits per heavy atom. The van der Waals surface area contributed by atoms with E-state index in [1.807, 2.05) is 31.2 Å². The largest absolute Gasteiger partial charge is 0.477 e. The van der Waals surface area contributed by atoms with Crippen molar-refractivity contribution in [1.82, 2.24) is 0 Å². The number of carboxylic acid groups (broad SMARTS) is 1. The zero-order chi connectivity index (χ0) is 12.7. The van der Waals surface area contributed by atoms with E-state index in [4.69, 9.17) is 9.52 Å². The molecule has 4 heteroatoms. The van der Waals surface area contributed by atoms with Crippen LogP contribution in [-0.4, -0.2) is 11.1 Å². The van der Waals surface area contributed by atoms with Crippen molar-refractivity contribution in [3.63, 3.8) is 0 Å². The average Bonchev–Trinajstić information content (AvgIpc) is 2.95. The zero-order valence-corrected chi connectivity index (χ0v) is 10.5. The molecule has 0 amide bonds. The number of aromatic carboxylic acids is 1. The summed E-state index contributed by atoms with van der Waals surface area (Å²) < 4.78 is 5.80. The van der Waals surface area contributed by atoms with E-state index in [0.29, 0.717) is 4.88 Å². The van der Waals surface area contributed by atoms with Crippen LogP contribution < -0.4 is 0 Å². The van der Waals surface area contributed by atoms with E-state index >= 15 is 0 Å². The van der Waals surface area contributed by atoms with Crippen LogP contribution in [0.1, 0.15) is 15.2 Å². The van der Waals surface area contributed by atoms with Crippen molar-refractivity contribution in [2.45, 2.75) is 6.92 Å². The average molecular weight is 258 g/mol. The first-order valence-electron chi connectivity index (χ1n) is 5.48.